The molecule has 0 unspecified atom stereocenters. The molecule has 0 atom stereocenters. The molecule has 3 heteroatoms. The summed E-state index contributed by atoms with van der Waals surface area (Å²) in [4.78, 5) is 0. The number of halogens is 3. The molecule has 0 aliphatic rings. The second-order valence-electron chi connectivity index (χ2n) is 4.61. The third-order valence-corrected chi connectivity index (χ3v) is 2.14. The first-order valence-corrected chi connectivity index (χ1v) is 4.81. The molecule has 1 aromatic rings. The molecule has 0 aliphatic carbocycles. The molecule has 0 aliphatic heterocycles. The maximum absolute atomic E-state index is 13.0. The summed E-state index contributed by atoms with van der Waals surface area (Å²) in [5.41, 5.74) is 0.643. The number of benzene rings is 1. The summed E-state index contributed by atoms with van der Waals surface area (Å²) < 4.78 is 26.1. The molecule has 1 aromatic carbocycles. The van der Waals surface area contributed by atoms with Crippen LogP contribution < -0.4 is 0 Å². The highest BCUT2D eigenvalue weighted by Crippen LogP contribution is 2.25. The van der Waals surface area contributed by atoms with Gasteiger partial charge in [-0.2, -0.15) is 0 Å². The molecule has 0 amide bonds. The van der Waals surface area contributed by atoms with Crippen LogP contribution in [0.5, 0.6) is 0 Å². The topological polar surface area (TPSA) is 0 Å². The van der Waals surface area contributed by atoms with Gasteiger partial charge in [-0.25, -0.2) is 8.78 Å². The van der Waals surface area contributed by atoms with Gasteiger partial charge in [0.15, 0.2) is 0 Å². The average Bonchev–Trinajstić information content (AvgIpc) is 1.96. The highest BCUT2D eigenvalue weighted by molar-refractivity contribution is 6.30. The molecule has 0 fully saturated rings. The van der Waals surface area contributed by atoms with Gasteiger partial charge in [0, 0.05) is 0 Å². The van der Waals surface area contributed by atoms with E-state index in [0.717, 1.165) is 0 Å². The Labute approximate surface area is 87.9 Å². The predicted octanol–water partition coefficient (Wildman–Crippen LogP) is 4.21. The Morgan fingerprint density at radius 2 is 1.57 bits per heavy atom. The fraction of sp³-hybridized carbons (Fsp3) is 0.455. The monoisotopic (exact) mass is 218 g/mol. The lowest BCUT2D eigenvalue weighted by atomic mass is 9.88. The van der Waals surface area contributed by atoms with Crippen molar-refractivity contribution in [2.75, 3.05) is 0 Å². The van der Waals surface area contributed by atoms with Crippen LogP contribution in [-0.4, -0.2) is 0 Å². The fourth-order valence-electron chi connectivity index (χ4n) is 1.32. The second kappa shape index (κ2) is 3.85. The molecule has 0 nitrogen and oxygen atoms in total. The lowest BCUT2D eigenvalue weighted by Gasteiger charge is -2.18. The second-order valence-corrected chi connectivity index (χ2v) is 4.99. The van der Waals surface area contributed by atoms with Crippen molar-refractivity contribution in [1.82, 2.24) is 0 Å². The van der Waals surface area contributed by atoms with E-state index in [1.54, 1.807) is 0 Å². The van der Waals surface area contributed by atoms with Crippen molar-refractivity contribution in [3.05, 3.63) is 34.4 Å². The van der Waals surface area contributed by atoms with E-state index < -0.39 is 16.7 Å². The van der Waals surface area contributed by atoms with Crippen LogP contribution in [0.2, 0.25) is 5.02 Å². The van der Waals surface area contributed by atoms with Crippen LogP contribution in [0.4, 0.5) is 8.78 Å². The lowest BCUT2D eigenvalue weighted by Crippen LogP contribution is -2.09. The minimum atomic E-state index is -0.689. The van der Waals surface area contributed by atoms with Gasteiger partial charge in [-0.15, -0.1) is 0 Å². The molecule has 1 rings (SSSR count). The van der Waals surface area contributed by atoms with Gasteiger partial charge in [0.25, 0.3) is 0 Å². The molecule has 78 valence electrons. The number of hydrogen-bond acceptors (Lipinski definition) is 0. The van der Waals surface area contributed by atoms with Gasteiger partial charge in [-0.1, -0.05) is 32.4 Å². The normalized spacial score (nSPS) is 11.9. The van der Waals surface area contributed by atoms with E-state index in [1.165, 1.54) is 12.1 Å². The first kappa shape index (κ1) is 11.4. The Kier molecular flexibility index (Phi) is 3.15. The molecule has 0 saturated carbocycles. The average molecular weight is 219 g/mol. The van der Waals surface area contributed by atoms with E-state index >= 15 is 0 Å². The van der Waals surface area contributed by atoms with Gasteiger partial charge < -0.3 is 0 Å². The van der Waals surface area contributed by atoms with Gasteiger partial charge in [0.05, 0.1) is 0 Å². The maximum atomic E-state index is 13.0. The summed E-state index contributed by atoms with van der Waals surface area (Å²) in [6.07, 6.45) is 0.623. The van der Waals surface area contributed by atoms with E-state index in [2.05, 4.69) is 0 Å². The Bertz CT molecular complexity index is 317. The summed E-state index contributed by atoms with van der Waals surface area (Å²) in [7, 11) is 0. The van der Waals surface area contributed by atoms with Crippen molar-refractivity contribution >= 4 is 11.6 Å². The van der Waals surface area contributed by atoms with Crippen molar-refractivity contribution in [2.45, 2.75) is 27.2 Å². The highest BCUT2D eigenvalue weighted by atomic mass is 35.5. The minimum absolute atomic E-state index is 0.00666. The number of hydrogen-bond donors (Lipinski definition) is 0. The molecule has 0 spiro atoms. The van der Waals surface area contributed by atoms with Crippen molar-refractivity contribution in [2.24, 2.45) is 5.41 Å². The van der Waals surface area contributed by atoms with Crippen LogP contribution >= 0.6 is 11.6 Å². The zero-order valence-electron chi connectivity index (χ0n) is 8.50. The van der Waals surface area contributed by atoms with E-state index in [0.29, 0.717) is 12.0 Å². The Hall–Kier alpha value is -0.630. The lowest BCUT2D eigenvalue weighted by molar-refractivity contribution is 0.409. The van der Waals surface area contributed by atoms with Gasteiger partial charge in [0.1, 0.15) is 16.7 Å². The van der Waals surface area contributed by atoms with E-state index in [9.17, 15) is 8.78 Å². The Balaban J connectivity index is 3.02. The summed E-state index contributed by atoms with van der Waals surface area (Å²) in [5, 5.41) is -0.428. The molecular weight excluding hydrogens is 206 g/mol. The molecule has 0 aromatic heterocycles. The van der Waals surface area contributed by atoms with Crippen LogP contribution in [0.15, 0.2) is 12.1 Å². The van der Waals surface area contributed by atoms with Crippen molar-refractivity contribution in [3.63, 3.8) is 0 Å². The molecule has 0 radical (unpaired) electrons. The van der Waals surface area contributed by atoms with Crippen molar-refractivity contribution < 1.29 is 8.78 Å². The molecule has 0 bridgehead atoms. The van der Waals surface area contributed by atoms with Crippen LogP contribution in [-0.2, 0) is 6.42 Å². The van der Waals surface area contributed by atoms with Gasteiger partial charge >= 0.3 is 0 Å². The third kappa shape index (κ3) is 2.95. The van der Waals surface area contributed by atoms with Gasteiger partial charge in [-0.05, 0) is 29.5 Å². The van der Waals surface area contributed by atoms with Crippen molar-refractivity contribution in [3.8, 4) is 0 Å². The number of rotatable bonds is 1. The third-order valence-electron chi connectivity index (χ3n) is 1.78. The zero-order chi connectivity index (χ0) is 10.9. The van der Waals surface area contributed by atoms with E-state index in [-0.39, 0.29) is 5.41 Å². The van der Waals surface area contributed by atoms with Crippen LogP contribution in [0.3, 0.4) is 0 Å². The zero-order valence-corrected chi connectivity index (χ0v) is 9.25. The molecule has 0 saturated heterocycles. The fourth-order valence-corrected chi connectivity index (χ4v) is 1.43. The van der Waals surface area contributed by atoms with Crippen LogP contribution in [0.25, 0.3) is 0 Å². The molecule has 14 heavy (non-hydrogen) atoms. The smallest absolute Gasteiger partial charge is 0.145 e. The van der Waals surface area contributed by atoms with Crippen molar-refractivity contribution in [1.29, 1.82) is 0 Å². The first-order valence-electron chi connectivity index (χ1n) is 4.43. The minimum Gasteiger partial charge on any atom is -0.205 e. The quantitative estimate of drug-likeness (QED) is 0.620. The summed E-state index contributed by atoms with van der Waals surface area (Å²) in [6, 6.07) is 2.58. The molecular formula is C11H13ClF2. The molecule has 0 heterocycles. The highest BCUT2D eigenvalue weighted by Gasteiger charge is 2.15. The summed E-state index contributed by atoms with van der Waals surface area (Å²) >= 11 is 5.37. The van der Waals surface area contributed by atoms with Crippen LogP contribution in [0.1, 0.15) is 26.3 Å². The maximum Gasteiger partial charge on any atom is 0.145 e. The van der Waals surface area contributed by atoms with Gasteiger partial charge in [0.2, 0.25) is 0 Å². The molecule has 0 N–H and O–H groups in total. The Morgan fingerprint density at radius 3 is 1.93 bits per heavy atom. The largest absolute Gasteiger partial charge is 0.205 e. The summed E-state index contributed by atoms with van der Waals surface area (Å²) in [6.45, 7) is 6.03. The van der Waals surface area contributed by atoms with Crippen LogP contribution in [0, 0.1) is 17.0 Å². The van der Waals surface area contributed by atoms with Gasteiger partial charge in [-0.3, -0.25) is 0 Å². The van der Waals surface area contributed by atoms with E-state index in [4.69, 9.17) is 11.6 Å². The predicted molar refractivity (Wildman–Crippen MR) is 54.5 cm³/mol. The SMILES string of the molecule is CC(C)(C)Cc1cc(F)c(Cl)c(F)c1. The first-order chi connectivity index (χ1) is 6.29. The standard InChI is InChI=1S/C11H13ClF2/c1-11(2,3)6-7-4-8(13)10(12)9(14)5-7/h4-5H,6H2,1-3H3. The Morgan fingerprint density at radius 1 is 1.14 bits per heavy atom. The van der Waals surface area contributed by atoms with E-state index in [1.807, 2.05) is 20.8 Å². The summed E-state index contributed by atoms with van der Waals surface area (Å²) in [5.74, 6) is -1.38.